The molecular formula is C18H33N5O6. The summed E-state index contributed by atoms with van der Waals surface area (Å²) in [5.74, 6) is -4.41. The maximum Gasteiger partial charge on any atom is 0.325 e. The van der Waals surface area contributed by atoms with Crippen LogP contribution in [0.3, 0.4) is 0 Å². The van der Waals surface area contributed by atoms with Gasteiger partial charge in [0, 0.05) is 0 Å². The van der Waals surface area contributed by atoms with Gasteiger partial charge in [-0.05, 0) is 25.2 Å². The van der Waals surface area contributed by atoms with Crippen molar-refractivity contribution >= 4 is 29.6 Å². The van der Waals surface area contributed by atoms with E-state index in [1.165, 1.54) is 6.92 Å². The number of nitrogens with two attached hydrogens (primary N) is 2. The van der Waals surface area contributed by atoms with Gasteiger partial charge in [0.2, 0.25) is 23.6 Å². The molecule has 0 aliphatic heterocycles. The quantitative estimate of drug-likeness (QED) is 0.222. The third kappa shape index (κ3) is 9.88. The lowest BCUT2D eigenvalue weighted by atomic mass is 10.00. The van der Waals surface area contributed by atoms with E-state index in [0.717, 1.165) is 0 Å². The lowest BCUT2D eigenvalue weighted by Crippen LogP contribution is -2.58. The van der Waals surface area contributed by atoms with E-state index < -0.39 is 60.2 Å². The fourth-order valence-corrected chi connectivity index (χ4v) is 2.46. The molecule has 4 amide bonds. The molecule has 0 aromatic heterocycles. The molecule has 0 aromatic carbocycles. The first kappa shape index (κ1) is 26.3. The maximum atomic E-state index is 12.7. The Morgan fingerprint density at radius 2 is 1.41 bits per heavy atom. The molecule has 166 valence electrons. The summed E-state index contributed by atoms with van der Waals surface area (Å²) in [5, 5.41) is 16.0. The average Bonchev–Trinajstić information content (AvgIpc) is 2.56. The van der Waals surface area contributed by atoms with Crippen molar-refractivity contribution in [1.82, 2.24) is 16.0 Å². The molecule has 8 N–H and O–H groups in total. The maximum absolute atomic E-state index is 12.7. The summed E-state index contributed by atoms with van der Waals surface area (Å²) in [5.41, 5.74) is 11.0. The van der Waals surface area contributed by atoms with Gasteiger partial charge in [-0.15, -0.1) is 0 Å². The monoisotopic (exact) mass is 415 g/mol. The average molecular weight is 415 g/mol. The number of rotatable bonds is 12. The van der Waals surface area contributed by atoms with Gasteiger partial charge in [0.1, 0.15) is 18.1 Å². The van der Waals surface area contributed by atoms with E-state index in [1.54, 1.807) is 13.8 Å². The second-order valence-corrected chi connectivity index (χ2v) is 7.77. The van der Waals surface area contributed by atoms with Crippen molar-refractivity contribution in [1.29, 1.82) is 0 Å². The molecule has 4 atom stereocenters. The van der Waals surface area contributed by atoms with Gasteiger partial charge in [-0.2, -0.15) is 0 Å². The molecule has 11 nitrogen and oxygen atoms in total. The lowest BCUT2D eigenvalue weighted by Gasteiger charge is -2.26. The number of nitrogens with one attached hydrogen (secondary N) is 3. The van der Waals surface area contributed by atoms with E-state index in [1.807, 2.05) is 13.8 Å². The molecule has 0 aliphatic carbocycles. The van der Waals surface area contributed by atoms with Crippen molar-refractivity contribution in [3.8, 4) is 0 Å². The predicted molar refractivity (Wildman–Crippen MR) is 105 cm³/mol. The first-order valence-corrected chi connectivity index (χ1v) is 9.44. The summed E-state index contributed by atoms with van der Waals surface area (Å²) in [4.78, 5) is 59.4. The minimum absolute atomic E-state index is 0.182. The number of amides is 4. The molecule has 0 radical (unpaired) electrons. The topological polar surface area (TPSA) is 194 Å². The zero-order chi connectivity index (χ0) is 22.9. The number of carbonyl (C=O) groups excluding carboxylic acids is 4. The van der Waals surface area contributed by atoms with E-state index in [4.69, 9.17) is 16.6 Å². The standard InChI is InChI=1S/C18H33N5O6/c1-8(2)6-11(19)15(25)23-14(9(3)4)17(27)22-12(7-13(20)24)16(26)21-10(5)18(28)29/h8-12,14H,6-7,19H2,1-5H3,(H2,20,24)(H,21,26)(H,22,27)(H,23,25)(H,28,29). The van der Waals surface area contributed by atoms with E-state index in [0.29, 0.717) is 6.42 Å². The number of aliphatic carboxylic acids is 1. The van der Waals surface area contributed by atoms with Crippen LogP contribution in [0, 0.1) is 11.8 Å². The Balaban J connectivity index is 5.28. The number of carbonyl (C=O) groups is 5. The Bertz CT molecular complexity index is 622. The van der Waals surface area contributed by atoms with Crippen LogP contribution in [0.5, 0.6) is 0 Å². The number of carboxylic acids is 1. The number of primary amides is 1. The highest BCUT2D eigenvalue weighted by Crippen LogP contribution is 2.07. The highest BCUT2D eigenvalue weighted by Gasteiger charge is 2.31. The second kappa shape index (κ2) is 12.0. The Hall–Kier alpha value is -2.69. The second-order valence-electron chi connectivity index (χ2n) is 7.77. The van der Waals surface area contributed by atoms with Gasteiger partial charge in [-0.1, -0.05) is 27.7 Å². The first-order chi connectivity index (χ1) is 13.3. The van der Waals surface area contributed by atoms with Crippen molar-refractivity contribution < 1.29 is 29.1 Å². The van der Waals surface area contributed by atoms with Crippen LogP contribution < -0.4 is 27.4 Å². The fourth-order valence-electron chi connectivity index (χ4n) is 2.46. The molecule has 0 fully saturated rings. The summed E-state index contributed by atoms with van der Waals surface area (Å²) in [6, 6.07) is -4.43. The zero-order valence-corrected chi connectivity index (χ0v) is 17.5. The van der Waals surface area contributed by atoms with Crippen LogP contribution in [0.1, 0.15) is 47.5 Å². The van der Waals surface area contributed by atoms with Crippen molar-refractivity contribution in [2.24, 2.45) is 23.3 Å². The van der Waals surface area contributed by atoms with Gasteiger partial charge in [0.15, 0.2) is 0 Å². The molecule has 0 bridgehead atoms. The van der Waals surface area contributed by atoms with Gasteiger partial charge in [-0.3, -0.25) is 24.0 Å². The normalized spacial score (nSPS) is 15.2. The van der Waals surface area contributed by atoms with Crippen LogP contribution in [0.15, 0.2) is 0 Å². The predicted octanol–water partition coefficient (Wildman–Crippen LogP) is -1.55. The number of hydrogen-bond acceptors (Lipinski definition) is 6. The van der Waals surface area contributed by atoms with Crippen molar-refractivity contribution in [2.45, 2.75) is 71.6 Å². The SMILES string of the molecule is CC(C)CC(N)C(=O)NC(C(=O)NC(CC(N)=O)C(=O)NC(C)C(=O)O)C(C)C. The highest BCUT2D eigenvalue weighted by atomic mass is 16.4. The molecule has 0 aromatic rings. The molecular weight excluding hydrogens is 382 g/mol. The zero-order valence-electron chi connectivity index (χ0n) is 17.5. The largest absolute Gasteiger partial charge is 0.480 e. The molecule has 0 saturated carbocycles. The Kier molecular flexibility index (Phi) is 10.9. The molecule has 0 rings (SSSR count). The third-order valence-corrected chi connectivity index (χ3v) is 4.08. The molecule has 4 unspecified atom stereocenters. The molecule has 0 aliphatic rings. The van der Waals surface area contributed by atoms with Gasteiger partial charge >= 0.3 is 5.97 Å². The van der Waals surface area contributed by atoms with Gasteiger partial charge in [-0.25, -0.2) is 0 Å². The Morgan fingerprint density at radius 3 is 1.83 bits per heavy atom. The van der Waals surface area contributed by atoms with Crippen molar-refractivity contribution in [3.63, 3.8) is 0 Å². The summed E-state index contributed by atoms with van der Waals surface area (Å²) in [6.45, 7) is 8.43. The fraction of sp³-hybridized carbons (Fsp3) is 0.722. The van der Waals surface area contributed by atoms with E-state index in [2.05, 4.69) is 16.0 Å². The summed E-state index contributed by atoms with van der Waals surface area (Å²) < 4.78 is 0. The lowest BCUT2D eigenvalue weighted by molar-refractivity contribution is -0.142. The third-order valence-electron chi connectivity index (χ3n) is 4.08. The summed E-state index contributed by atoms with van der Waals surface area (Å²) >= 11 is 0. The molecule has 0 saturated heterocycles. The number of carboxylic acid groups (broad SMARTS) is 1. The van der Waals surface area contributed by atoms with Crippen LogP contribution in [0.25, 0.3) is 0 Å². The van der Waals surface area contributed by atoms with Crippen LogP contribution >= 0.6 is 0 Å². The highest BCUT2D eigenvalue weighted by molar-refractivity contribution is 5.96. The molecule has 0 spiro atoms. The molecule has 0 heterocycles. The Labute approximate surface area is 170 Å². The Morgan fingerprint density at radius 1 is 0.862 bits per heavy atom. The van der Waals surface area contributed by atoms with Gasteiger partial charge in [0.25, 0.3) is 0 Å². The van der Waals surface area contributed by atoms with Crippen LogP contribution in [0.4, 0.5) is 0 Å². The number of hydrogen-bond donors (Lipinski definition) is 6. The van der Waals surface area contributed by atoms with Crippen molar-refractivity contribution in [3.05, 3.63) is 0 Å². The van der Waals surface area contributed by atoms with Crippen LogP contribution in [-0.2, 0) is 24.0 Å². The molecule has 11 heteroatoms. The van der Waals surface area contributed by atoms with Crippen molar-refractivity contribution in [2.75, 3.05) is 0 Å². The minimum Gasteiger partial charge on any atom is -0.480 e. The van der Waals surface area contributed by atoms with E-state index in [9.17, 15) is 24.0 Å². The summed E-state index contributed by atoms with van der Waals surface area (Å²) in [7, 11) is 0. The van der Waals surface area contributed by atoms with Crippen LogP contribution in [-0.4, -0.2) is 58.9 Å². The first-order valence-electron chi connectivity index (χ1n) is 9.44. The smallest absolute Gasteiger partial charge is 0.325 e. The summed E-state index contributed by atoms with van der Waals surface area (Å²) in [6.07, 6.45) is -0.104. The van der Waals surface area contributed by atoms with E-state index >= 15 is 0 Å². The van der Waals surface area contributed by atoms with Crippen LogP contribution in [0.2, 0.25) is 0 Å². The molecule has 29 heavy (non-hydrogen) atoms. The van der Waals surface area contributed by atoms with Gasteiger partial charge < -0.3 is 32.5 Å². The minimum atomic E-state index is -1.38. The van der Waals surface area contributed by atoms with E-state index in [-0.39, 0.29) is 11.8 Å². The van der Waals surface area contributed by atoms with Gasteiger partial charge in [0.05, 0.1) is 12.5 Å².